The van der Waals surface area contributed by atoms with E-state index in [1.54, 1.807) is 30.3 Å². The Balaban J connectivity index is 1.61. The average Bonchev–Trinajstić information content (AvgIpc) is 3.19. The van der Waals surface area contributed by atoms with E-state index in [4.69, 9.17) is 9.52 Å². The summed E-state index contributed by atoms with van der Waals surface area (Å²) in [7, 11) is 0.385. The number of alkyl halides is 4. The van der Waals surface area contributed by atoms with Crippen LogP contribution in [0, 0.1) is 16.6 Å². The lowest BCUT2D eigenvalue weighted by Gasteiger charge is -2.33. The van der Waals surface area contributed by atoms with E-state index in [1.165, 1.54) is 30.8 Å². The lowest BCUT2D eigenvalue weighted by atomic mass is 10.0. The minimum Gasteiger partial charge on any atom is -0.495 e. The van der Waals surface area contributed by atoms with Crippen LogP contribution in [0.5, 0.6) is 5.75 Å². The molecule has 1 saturated heterocycles. The summed E-state index contributed by atoms with van der Waals surface area (Å²) in [6.07, 6.45) is -4.72. The van der Waals surface area contributed by atoms with Crippen molar-refractivity contribution in [1.29, 1.82) is 4.78 Å². The van der Waals surface area contributed by atoms with Crippen molar-refractivity contribution >= 4 is 42.5 Å². The van der Waals surface area contributed by atoms with Crippen molar-refractivity contribution in [3.63, 3.8) is 0 Å². The zero-order valence-corrected chi connectivity index (χ0v) is 23.4. The van der Waals surface area contributed by atoms with Gasteiger partial charge in [-0.3, -0.25) is 0 Å². The van der Waals surface area contributed by atoms with Crippen LogP contribution < -0.4 is 15.4 Å². The van der Waals surface area contributed by atoms with Gasteiger partial charge in [0.15, 0.2) is 0 Å². The van der Waals surface area contributed by atoms with Crippen molar-refractivity contribution in [3.05, 3.63) is 46.8 Å². The fourth-order valence-corrected chi connectivity index (χ4v) is 6.33. The number of nitrogens with zero attached hydrogens (tertiary/aromatic N) is 1. The summed E-state index contributed by atoms with van der Waals surface area (Å²) in [6, 6.07) is 9.37. The van der Waals surface area contributed by atoms with Crippen LogP contribution in [0.4, 0.5) is 28.9 Å². The molecule has 1 aliphatic heterocycles. The number of rotatable bonds is 7. The van der Waals surface area contributed by atoms with Crippen LogP contribution in [0.15, 0.2) is 41.3 Å². The van der Waals surface area contributed by atoms with Gasteiger partial charge >= 0.3 is 6.18 Å². The van der Waals surface area contributed by atoms with E-state index in [2.05, 4.69) is 22.5 Å². The first-order chi connectivity index (χ1) is 18.4. The highest BCUT2D eigenvalue weighted by molar-refractivity contribution is 7.91. The molecule has 3 N–H and O–H groups in total. The Morgan fingerprint density at radius 1 is 1.26 bits per heavy atom. The maximum absolute atomic E-state index is 14.7. The van der Waals surface area contributed by atoms with Crippen LogP contribution in [0.25, 0.3) is 10.1 Å². The molecule has 0 spiro atoms. The maximum atomic E-state index is 14.7. The molecule has 2 unspecified atom stereocenters. The molecule has 0 aliphatic carbocycles. The maximum Gasteiger partial charge on any atom is 0.393 e. The number of ether oxygens (including phenoxy) is 1. The average molecular weight is 583 g/mol. The molecule has 1 fully saturated rings. The number of benzene rings is 2. The highest BCUT2D eigenvalue weighted by atomic mass is 32.2. The van der Waals surface area contributed by atoms with Crippen LogP contribution in [0.2, 0.25) is 0 Å². The number of likely N-dealkylation sites (tertiary alicyclic amines) is 1. The molecule has 1 aromatic heterocycles. The lowest BCUT2D eigenvalue weighted by Crippen LogP contribution is -2.46. The molecule has 0 radical (unpaired) electrons. The molecule has 3 aromatic rings. The zero-order chi connectivity index (χ0) is 28.4. The number of anilines is 2. The smallest absolute Gasteiger partial charge is 0.393 e. The van der Waals surface area contributed by atoms with Crippen LogP contribution in [-0.4, -0.2) is 67.5 Å². The highest BCUT2D eigenvalue weighted by Gasteiger charge is 2.32. The molecule has 12 heteroatoms. The minimum atomic E-state index is -4.42. The van der Waals surface area contributed by atoms with Gasteiger partial charge in [-0.1, -0.05) is 24.0 Å². The topological polar surface area (TPSA) is 77.4 Å². The summed E-state index contributed by atoms with van der Waals surface area (Å²) in [4.78, 5) is 2.54. The fraction of sp³-hybridized carbons (Fsp3) is 0.407. The number of halogens is 4. The zero-order valence-electron chi connectivity index (χ0n) is 21.7. The van der Waals surface area contributed by atoms with Crippen molar-refractivity contribution in [1.82, 2.24) is 4.90 Å². The third-order valence-electron chi connectivity index (χ3n) is 6.47. The Labute approximate surface area is 229 Å². The molecule has 0 saturated carbocycles. The number of methoxy groups -OCH3 is 1. The van der Waals surface area contributed by atoms with Gasteiger partial charge in [0.1, 0.15) is 11.9 Å². The predicted octanol–water partition coefficient (Wildman–Crippen LogP) is 5.97. The fourth-order valence-electron chi connectivity index (χ4n) is 4.50. The molecule has 1 aliphatic rings. The monoisotopic (exact) mass is 582 g/mol. The second kappa shape index (κ2) is 11.6. The van der Waals surface area contributed by atoms with Gasteiger partial charge in [-0.05, 0) is 48.7 Å². The molecule has 210 valence electrons. The summed E-state index contributed by atoms with van der Waals surface area (Å²) in [6.45, 7) is 1.15. The van der Waals surface area contributed by atoms with Crippen LogP contribution in [0.1, 0.15) is 16.9 Å². The van der Waals surface area contributed by atoms with E-state index in [0.717, 1.165) is 6.54 Å². The standard InChI is InChI=1S/C27H30F4N4O2S2/c1-35-13-11-21(20(28)16-35)34-23-7-4-6-18-19(15-27(29,30)31)25(38-26(18)23)8-5-12-33-22-10-9-17(39(3,32)36)14-24(22)37-2/h4,6-7,9-10,14,20-21,32-34H,11-13,15-16H2,1-3H3/t20?,21-,39?/m1/s1. The third-order valence-corrected chi connectivity index (χ3v) is 8.82. The van der Waals surface area contributed by atoms with Crippen molar-refractivity contribution in [2.45, 2.75) is 36.1 Å². The Hall–Kier alpha value is -3.01. The van der Waals surface area contributed by atoms with Gasteiger partial charge in [-0.2, -0.15) is 13.2 Å². The van der Waals surface area contributed by atoms with E-state index < -0.39 is 34.5 Å². The van der Waals surface area contributed by atoms with E-state index in [1.807, 2.05) is 11.9 Å². The van der Waals surface area contributed by atoms with E-state index in [9.17, 15) is 21.8 Å². The molecule has 0 bridgehead atoms. The largest absolute Gasteiger partial charge is 0.495 e. The van der Waals surface area contributed by atoms with E-state index >= 15 is 0 Å². The number of fused-ring (bicyclic) bond motifs is 1. The lowest BCUT2D eigenvalue weighted by molar-refractivity contribution is -0.126. The van der Waals surface area contributed by atoms with Crippen LogP contribution in [0.3, 0.4) is 0 Å². The Bertz CT molecular complexity index is 1510. The molecular formula is C27H30F4N4O2S2. The van der Waals surface area contributed by atoms with E-state index in [-0.39, 0.29) is 12.1 Å². The Morgan fingerprint density at radius 3 is 2.69 bits per heavy atom. The van der Waals surface area contributed by atoms with Crippen molar-refractivity contribution < 1.29 is 26.5 Å². The van der Waals surface area contributed by atoms with Gasteiger partial charge in [0, 0.05) is 19.3 Å². The first kappa shape index (κ1) is 29.0. The van der Waals surface area contributed by atoms with Crippen molar-refractivity contribution in [3.8, 4) is 17.6 Å². The Morgan fingerprint density at radius 2 is 2.03 bits per heavy atom. The number of nitrogens with one attached hydrogen (secondary N) is 3. The number of thiophene rings is 1. The first-order valence-corrected chi connectivity index (χ1v) is 15.0. The molecule has 2 aromatic carbocycles. The number of piperidine rings is 1. The molecule has 39 heavy (non-hydrogen) atoms. The first-order valence-electron chi connectivity index (χ1n) is 12.2. The summed E-state index contributed by atoms with van der Waals surface area (Å²) in [5.74, 6) is 6.17. The molecule has 4 rings (SSSR count). The van der Waals surface area contributed by atoms with Gasteiger partial charge in [-0.25, -0.2) is 13.4 Å². The summed E-state index contributed by atoms with van der Waals surface area (Å²) >= 11 is 1.17. The molecule has 6 nitrogen and oxygen atoms in total. The molecular weight excluding hydrogens is 552 g/mol. The molecule has 3 atom stereocenters. The van der Waals surface area contributed by atoms with Crippen molar-refractivity contribution in [2.24, 2.45) is 0 Å². The Kier molecular flexibility index (Phi) is 8.63. The minimum absolute atomic E-state index is 0.105. The molecule has 0 amide bonds. The number of hydrogen-bond acceptors (Lipinski definition) is 7. The third kappa shape index (κ3) is 7.15. The van der Waals surface area contributed by atoms with Gasteiger partial charge in [0.05, 0.1) is 61.7 Å². The van der Waals surface area contributed by atoms with Crippen LogP contribution >= 0.6 is 11.3 Å². The second-order valence-corrected chi connectivity index (χ2v) is 12.7. The van der Waals surface area contributed by atoms with Crippen LogP contribution in [-0.2, 0) is 16.1 Å². The SMILES string of the molecule is COc1cc(S(C)(=N)=O)ccc1NCC#Cc1sc2c(N[C@@H]3CCN(C)CC3F)cccc2c1CC(F)(F)F. The van der Waals surface area contributed by atoms with Gasteiger partial charge < -0.3 is 20.3 Å². The normalized spacial score (nSPS) is 19.7. The summed E-state index contributed by atoms with van der Waals surface area (Å²) < 4.78 is 80.9. The quantitative estimate of drug-likeness (QED) is 0.237. The van der Waals surface area contributed by atoms with Gasteiger partial charge in [-0.15, -0.1) is 11.3 Å². The second-order valence-electron chi connectivity index (χ2n) is 9.56. The van der Waals surface area contributed by atoms with Crippen molar-refractivity contribution in [2.75, 3.05) is 50.7 Å². The molecule has 2 heterocycles. The summed E-state index contributed by atoms with van der Waals surface area (Å²) in [5, 5.41) is 6.75. The summed E-state index contributed by atoms with van der Waals surface area (Å²) in [5.41, 5.74) is 1.27. The van der Waals surface area contributed by atoms with Gasteiger partial charge in [0.25, 0.3) is 0 Å². The van der Waals surface area contributed by atoms with E-state index in [0.29, 0.717) is 49.9 Å². The number of hydrogen-bond donors (Lipinski definition) is 3. The predicted molar refractivity (Wildman–Crippen MR) is 149 cm³/mol. The highest BCUT2D eigenvalue weighted by Crippen LogP contribution is 2.39. The van der Waals surface area contributed by atoms with Gasteiger partial charge in [0.2, 0.25) is 0 Å².